The SMILES string of the molecule is CCOC(=O)c1sc(NC(=O)CN(C)S(C)(=O)=O)nc1C. The fraction of sp³-hybridized carbons (Fsp3) is 0.545. The largest absolute Gasteiger partial charge is 0.462 e. The van der Waals surface area contributed by atoms with Gasteiger partial charge in [-0.1, -0.05) is 11.3 Å². The van der Waals surface area contributed by atoms with E-state index in [2.05, 4.69) is 10.3 Å². The molecule has 118 valence electrons. The van der Waals surface area contributed by atoms with Gasteiger partial charge in [-0.3, -0.25) is 4.79 Å². The van der Waals surface area contributed by atoms with E-state index in [0.717, 1.165) is 21.9 Å². The molecule has 0 aliphatic carbocycles. The number of thiazole rings is 1. The number of likely N-dealkylation sites (N-methyl/N-ethyl adjacent to an activating group) is 1. The van der Waals surface area contributed by atoms with E-state index in [1.165, 1.54) is 7.05 Å². The van der Waals surface area contributed by atoms with Crippen molar-refractivity contribution in [2.45, 2.75) is 13.8 Å². The second-order valence-corrected chi connectivity index (χ2v) is 7.31. The number of ether oxygens (including phenoxy) is 1. The molecule has 0 aliphatic heterocycles. The number of aryl methyl sites for hydroxylation is 1. The molecule has 0 bridgehead atoms. The topological polar surface area (TPSA) is 106 Å². The lowest BCUT2D eigenvalue weighted by Crippen LogP contribution is -2.34. The number of anilines is 1. The molecule has 0 atom stereocenters. The third-order valence-electron chi connectivity index (χ3n) is 2.44. The average Bonchev–Trinajstić information content (AvgIpc) is 2.69. The highest BCUT2D eigenvalue weighted by atomic mass is 32.2. The van der Waals surface area contributed by atoms with Crippen LogP contribution in [0.4, 0.5) is 5.13 Å². The first-order chi connectivity index (χ1) is 9.65. The maximum absolute atomic E-state index is 11.7. The Morgan fingerprint density at radius 3 is 2.57 bits per heavy atom. The Morgan fingerprint density at radius 1 is 1.43 bits per heavy atom. The molecule has 0 radical (unpaired) electrons. The first-order valence-electron chi connectivity index (χ1n) is 6.00. The van der Waals surface area contributed by atoms with Crippen molar-refractivity contribution >= 4 is 38.4 Å². The van der Waals surface area contributed by atoms with Gasteiger partial charge < -0.3 is 10.1 Å². The molecule has 1 aromatic heterocycles. The third-order valence-corrected chi connectivity index (χ3v) is 4.75. The normalized spacial score (nSPS) is 11.5. The summed E-state index contributed by atoms with van der Waals surface area (Å²) in [6.07, 6.45) is 1.01. The van der Waals surface area contributed by atoms with Crippen LogP contribution in [0.2, 0.25) is 0 Å². The Labute approximate surface area is 127 Å². The number of rotatable bonds is 6. The van der Waals surface area contributed by atoms with Gasteiger partial charge in [-0.25, -0.2) is 18.2 Å². The number of carbonyl (C=O) groups excluding carboxylic acids is 2. The average molecular weight is 335 g/mol. The van der Waals surface area contributed by atoms with Gasteiger partial charge in [-0.2, -0.15) is 4.31 Å². The second-order valence-electron chi connectivity index (χ2n) is 4.22. The van der Waals surface area contributed by atoms with Crippen molar-refractivity contribution in [3.05, 3.63) is 10.6 Å². The summed E-state index contributed by atoms with van der Waals surface area (Å²) in [6, 6.07) is 0. The van der Waals surface area contributed by atoms with Crippen LogP contribution in [0.25, 0.3) is 0 Å². The van der Waals surface area contributed by atoms with Gasteiger partial charge in [0.1, 0.15) is 4.88 Å². The molecule has 1 rings (SSSR count). The summed E-state index contributed by atoms with van der Waals surface area (Å²) < 4.78 is 28.2. The van der Waals surface area contributed by atoms with E-state index >= 15 is 0 Å². The predicted molar refractivity (Wildman–Crippen MR) is 78.9 cm³/mol. The number of aromatic nitrogens is 1. The minimum Gasteiger partial charge on any atom is -0.462 e. The van der Waals surface area contributed by atoms with Crippen LogP contribution in [-0.2, 0) is 19.6 Å². The number of carbonyl (C=O) groups is 2. The first kappa shape index (κ1) is 17.5. The second kappa shape index (κ2) is 6.96. The summed E-state index contributed by atoms with van der Waals surface area (Å²) >= 11 is 0.985. The maximum atomic E-state index is 11.7. The predicted octanol–water partition coefficient (Wildman–Crippen LogP) is 0.458. The van der Waals surface area contributed by atoms with E-state index in [9.17, 15) is 18.0 Å². The van der Waals surface area contributed by atoms with Crippen molar-refractivity contribution in [3.8, 4) is 0 Å². The van der Waals surface area contributed by atoms with Gasteiger partial charge in [0, 0.05) is 7.05 Å². The first-order valence-corrected chi connectivity index (χ1v) is 8.67. The van der Waals surface area contributed by atoms with Gasteiger partial charge in [0.15, 0.2) is 5.13 Å². The maximum Gasteiger partial charge on any atom is 0.350 e. The van der Waals surface area contributed by atoms with E-state index in [1.54, 1.807) is 13.8 Å². The van der Waals surface area contributed by atoms with Crippen molar-refractivity contribution < 1.29 is 22.7 Å². The molecule has 21 heavy (non-hydrogen) atoms. The minimum atomic E-state index is -3.43. The van der Waals surface area contributed by atoms with Gasteiger partial charge in [0.25, 0.3) is 0 Å². The molecule has 0 saturated carbocycles. The zero-order valence-electron chi connectivity index (χ0n) is 12.2. The standard InChI is InChI=1S/C11H17N3O5S2/c1-5-19-10(16)9-7(2)12-11(20-9)13-8(15)6-14(3)21(4,17)18/h5-6H2,1-4H3,(H,12,13,15). The Morgan fingerprint density at radius 2 is 2.05 bits per heavy atom. The molecule has 0 aromatic carbocycles. The van der Waals surface area contributed by atoms with Gasteiger partial charge in [0.05, 0.1) is 25.1 Å². The number of esters is 1. The molecule has 10 heteroatoms. The quantitative estimate of drug-likeness (QED) is 0.757. The zero-order chi connectivity index (χ0) is 16.2. The smallest absolute Gasteiger partial charge is 0.350 e. The zero-order valence-corrected chi connectivity index (χ0v) is 13.8. The van der Waals surface area contributed by atoms with Crippen LogP contribution in [0.3, 0.4) is 0 Å². The van der Waals surface area contributed by atoms with Crippen LogP contribution < -0.4 is 5.32 Å². The molecular formula is C11H17N3O5S2. The lowest BCUT2D eigenvalue weighted by Gasteiger charge is -2.12. The molecule has 1 heterocycles. The van der Waals surface area contributed by atoms with Crippen molar-refractivity contribution in [2.75, 3.05) is 31.8 Å². The number of nitrogens with one attached hydrogen (secondary N) is 1. The fourth-order valence-corrected chi connectivity index (χ4v) is 2.54. The Balaban J connectivity index is 2.74. The van der Waals surface area contributed by atoms with E-state index in [4.69, 9.17) is 4.74 Å². The molecule has 1 aromatic rings. The molecule has 1 N–H and O–H groups in total. The molecule has 0 aliphatic rings. The van der Waals surface area contributed by atoms with E-state index in [1.807, 2.05) is 0 Å². The number of amides is 1. The van der Waals surface area contributed by atoms with E-state index in [0.29, 0.717) is 10.6 Å². The fourth-order valence-electron chi connectivity index (χ4n) is 1.31. The molecule has 0 saturated heterocycles. The highest BCUT2D eigenvalue weighted by Gasteiger charge is 2.19. The van der Waals surface area contributed by atoms with Crippen LogP contribution >= 0.6 is 11.3 Å². The van der Waals surface area contributed by atoms with Crippen molar-refractivity contribution in [1.82, 2.24) is 9.29 Å². The van der Waals surface area contributed by atoms with Gasteiger partial charge in [0.2, 0.25) is 15.9 Å². The minimum absolute atomic E-state index is 0.224. The van der Waals surface area contributed by atoms with E-state index in [-0.39, 0.29) is 18.3 Å². The molecular weight excluding hydrogens is 318 g/mol. The third kappa shape index (κ3) is 5.06. The van der Waals surface area contributed by atoms with Crippen molar-refractivity contribution in [2.24, 2.45) is 0 Å². The number of hydrogen-bond donors (Lipinski definition) is 1. The van der Waals surface area contributed by atoms with Crippen LogP contribution in [0.15, 0.2) is 0 Å². The number of hydrogen-bond acceptors (Lipinski definition) is 7. The Hall–Kier alpha value is -1.52. The number of sulfonamides is 1. The van der Waals surface area contributed by atoms with Crippen LogP contribution in [0.5, 0.6) is 0 Å². The summed E-state index contributed by atoms with van der Waals surface area (Å²) in [7, 11) is -2.13. The van der Waals surface area contributed by atoms with Crippen LogP contribution in [-0.4, -0.2) is 56.0 Å². The highest BCUT2D eigenvalue weighted by molar-refractivity contribution is 7.88. The Kier molecular flexibility index (Phi) is 5.81. The van der Waals surface area contributed by atoms with Gasteiger partial charge in [-0.05, 0) is 13.8 Å². The van der Waals surface area contributed by atoms with Gasteiger partial charge >= 0.3 is 5.97 Å². The van der Waals surface area contributed by atoms with Gasteiger partial charge in [-0.15, -0.1) is 0 Å². The lowest BCUT2D eigenvalue weighted by atomic mass is 10.4. The van der Waals surface area contributed by atoms with Crippen LogP contribution in [0.1, 0.15) is 22.3 Å². The lowest BCUT2D eigenvalue weighted by molar-refractivity contribution is -0.116. The molecule has 0 fully saturated rings. The summed E-state index contributed by atoms with van der Waals surface area (Å²) in [5.41, 5.74) is 0.449. The monoisotopic (exact) mass is 335 g/mol. The molecule has 0 spiro atoms. The Bertz CT molecular complexity index is 638. The molecule has 1 amide bonds. The summed E-state index contributed by atoms with van der Waals surface area (Å²) in [4.78, 5) is 27.7. The summed E-state index contributed by atoms with van der Waals surface area (Å²) in [5.74, 6) is -1.03. The molecule has 8 nitrogen and oxygen atoms in total. The molecule has 0 unspecified atom stereocenters. The number of nitrogens with zero attached hydrogens (tertiary/aromatic N) is 2. The summed E-state index contributed by atoms with van der Waals surface area (Å²) in [5, 5.41) is 2.68. The van der Waals surface area contributed by atoms with Crippen molar-refractivity contribution in [1.29, 1.82) is 0 Å². The van der Waals surface area contributed by atoms with E-state index < -0.39 is 21.9 Å². The van der Waals surface area contributed by atoms with Crippen LogP contribution in [0, 0.1) is 6.92 Å². The van der Waals surface area contributed by atoms with Crippen molar-refractivity contribution in [3.63, 3.8) is 0 Å². The highest BCUT2D eigenvalue weighted by Crippen LogP contribution is 2.23. The summed E-state index contributed by atoms with van der Waals surface area (Å²) in [6.45, 7) is 3.24.